The van der Waals surface area contributed by atoms with Gasteiger partial charge in [-0.15, -0.1) is 0 Å². The van der Waals surface area contributed by atoms with E-state index in [9.17, 15) is 18.3 Å². The van der Waals surface area contributed by atoms with Crippen molar-refractivity contribution < 1.29 is 18.3 Å². The maximum atomic E-state index is 12.5. The molecule has 2 N–H and O–H groups in total. The topological polar surface area (TPSA) is 32.3 Å². The highest BCUT2D eigenvalue weighted by Crippen LogP contribution is 2.32. The predicted octanol–water partition coefficient (Wildman–Crippen LogP) is 2.48. The Morgan fingerprint density at radius 1 is 1.18 bits per heavy atom. The number of nitrogens with one attached hydrogen (secondary N) is 1. The minimum absolute atomic E-state index is 0.305. The van der Waals surface area contributed by atoms with Gasteiger partial charge >= 0.3 is 6.18 Å². The number of benzene rings is 1. The van der Waals surface area contributed by atoms with Gasteiger partial charge in [0.25, 0.3) is 0 Å². The van der Waals surface area contributed by atoms with Crippen molar-refractivity contribution in [1.82, 2.24) is 5.32 Å². The number of rotatable bonds is 5. The summed E-state index contributed by atoms with van der Waals surface area (Å²) in [5.41, 5.74) is -1.77. The Morgan fingerprint density at radius 3 is 2.24 bits per heavy atom. The minimum Gasteiger partial charge on any atom is -0.379 e. The molecule has 0 amide bonds. The Kier molecular flexibility index (Phi) is 4.54. The van der Waals surface area contributed by atoms with Crippen molar-refractivity contribution in [2.75, 3.05) is 6.54 Å². The number of aliphatic hydroxyl groups is 1. The molecule has 0 saturated carbocycles. The molecule has 1 aromatic rings. The Balaban J connectivity index is 2.50. The van der Waals surface area contributed by atoms with E-state index in [1.165, 1.54) is 6.92 Å². The zero-order valence-electron chi connectivity index (χ0n) is 9.59. The van der Waals surface area contributed by atoms with E-state index in [1.807, 2.05) is 30.3 Å². The van der Waals surface area contributed by atoms with Crippen LogP contribution in [-0.2, 0) is 6.54 Å². The van der Waals surface area contributed by atoms with Crippen LogP contribution in [-0.4, -0.2) is 23.4 Å². The lowest BCUT2D eigenvalue weighted by molar-refractivity contribution is -0.258. The maximum absolute atomic E-state index is 12.5. The average Bonchev–Trinajstić information content (AvgIpc) is 2.28. The van der Waals surface area contributed by atoms with Crippen LogP contribution in [0.5, 0.6) is 0 Å². The molecule has 0 bridgehead atoms. The van der Waals surface area contributed by atoms with Gasteiger partial charge in [0.1, 0.15) is 0 Å². The Bertz CT molecular complexity index is 339. The van der Waals surface area contributed by atoms with E-state index in [0.717, 1.165) is 5.56 Å². The third-order valence-electron chi connectivity index (χ3n) is 2.70. The highest BCUT2D eigenvalue weighted by atomic mass is 19.4. The molecule has 0 aliphatic carbocycles. The molecule has 0 radical (unpaired) electrons. The van der Waals surface area contributed by atoms with Gasteiger partial charge in [-0.1, -0.05) is 37.3 Å². The Hall–Kier alpha value is -1.07. The highest BCUT2D eigenvalue weighted by Gasteiger charge is 2.51. The first kappa shape index (κ1) is 14.0. The van der Waals surface area contributed by atoms with Crippen molar-refractivity contribution in [2.45, 2.75) is 31.7 Å². The zero-order valence-corrected chi connectivity index (χ0v) is 9.59. The summed E-state index contributed by atoms with van der Waals surface area (Å²) in [5, 5.41) is 12.1. The summed E-state index contributed by atoms with van der Waals surface area (Å²) >= 11 is 0. The molecule has 2 nitrogen and oxygen atoms in total. The van der Waals surface area contributed by atoms with Crippen molar-refractivity contribution in [2.24, 2.45) is 0 Å². The van der Waals surface area contributed by atoms with E-state index in [-0.39, 0.29) is 6.42 Å². The fourth-order valence-electron chi connectivity index (χ4n) is 1.44. The Labute approximate surface area is 98.5 Å². The third-order valence-corrected chi connectivity index (χ3v) is 2.70. The standard InChI is InChI=1S/C12H16F3NO/c1-2-11(17,12(13,14)15)9-16-8-10-6-4-3-5-7-10/h3-7,16-17H,2,8-9H2,1H3. The second-order valence-corrected chi connectivity index (χ2v) is 3.97. The van der Waals surface area contributed by atoms with E-state index < -0.39 is 18.3 Å². The fraction of sp³-hybridized carbons (Fsp3) is 0.500. The van der Waals surface area contributed by atoms with Gasteiger partial charge < -0.3 is 10.4 Å². The van der Waals surface area contributed by atoms with Gasteiger partial charge in [-0.25, -0.2) is 0 Å². The van der Waals surface area contributed by atoms with Gasteiger partial charge in [0.05, 0.1) is 0 Å². The molecule has 1 unspecified atom stereocenters. The molecule has 0 aliphatic heterocycles. The van der Waals surface area contributed by atoms with Crippen LogP contribution in [0.1, 0.15) is 18.9 Å². The van der Waals surface area contributed by atoms with Crippen LogP contribution in [0, 0.1) is 0 Å². The number of hydrogen-bond acceptors (Lipinski definition) is 2. The summed E-state index contributed by atoms with van der Waals surface area (Å²) in [7, 11) is 0. The lowest BCUT2D eigenvalue weighted by atomic mass is 10.00. The van der Waals surface area contributed by atoms with Crippen LogP contribution in [0.2, 0.25) is 0 Å². The SMILES string of the molecule is CCC(O)(CNCc1ccccc1)C(F)(F)F. The molecule has 1 rings (SSSR count). The molecule has 17 heavy (non-hydrogen) atoms. The molecular formula is C12H16F3NO. The summed E-state index contributed by atoms with van der Waals surface area (Å²) in [5.74, 6) is 0. The summed E-state index contributed by atoms with van der Waals surface area (Å²) < 4.78 is 37.6. The fourth-order valence-corrected chi connectivity index (χ4v) is 1.44. The lowest BCUT2D eigenvalue weighted by Crippen LogP contribution is -2.51. The van der Waals surface area contributed by atoms with Crippen molar-refractivity contribution in [3.63, 3.8) is 0 Å². The van der Waals surface area contributed by atoms with Crippen LogP contribution in [0.15, 0.2) is 30.3 Å². The Morgan fingerprint density at radius 2 is 1.76 bits per heavy atom. The molecule has 0 aliphatic rings. The van der Waals surface area contributed by atoms with Crippen LogP contribution < -0.4 is 5.32 Å². The summed E-state index contributed by atoms with van der Waals surface area (Å²) in [6.07, 6.45) is -4.97. The van der Waals surface area contributed by atoms with Crippen LogP contribution in [0.3, 0.4) is 0 Å². The number of hydrogen-bond donors (Lipinski definition) is 2. The van der Waals surface area contributed by atoms with Gasteiger partial charge in [0.15, 0.2) is 5.60 Å². The van der Waals surface area contributed by atoms with Crippen LogP contribution in [0.25, 0.3) is 0 Å². The largest absolute Gasteiger partial charge is 0.418 e. The lowest BCUT2D eigenvalue weighted by Gasteiger charge is -2.29. The predicted molar refractivity (Wildman–Crippen MR) is 59.4 cm³/mol. The van der Waals surface area contributed by atoms with E-state index in [2.05, 4.69) is 5.32 Å². The van der Waals surface area contributed by atoms with E-state index in [4.69, 9.17) is 0 Å². The molecule has 0 heterocycles. The van der Waals surface area contributed by atoms with Crippen molar-refractivity contribution >= 4 is 0 Å². The smallest absolute Gasteiger partial charge is 0.379 e. The monoisotopic (exact) mass is 247 g/mol. The molecule has 0 aromatic heterocycles. The molecule has 0 saturated heterocycles. The molecule has 1 aromatic carbocycles. The summed E-state index contributed by atoms with van der Waals surface area (Å²) in [6, 6.07) is 9.08. The van der Waals surface area contributed by atoms with Gasteiger partial charge in [0, 0.05) is 13.1 Å². The second-order valence-electron chi connectivity index (χ2n) is 3.97. The van der Waals surface area contributed by atoms with Gasteiger partial charge in [0.2, 0.25) is 0 Å². The van der Waals surface area contributed by atoms with E-state index in [1.54, 1.807) is 0 Å². The second kappa shape index (κ2) is 5.51. The first-order valence-electron chi connectivity index (χ1n) is 5.43. The molecule has 0 spiro atoms. The molecular weight excluding hydrogens is 231 g/mol. The molecule has 96 valence electrons. The first-order chi connectivity index (χ1) is 7.89. The third kappa shape index (κ3) is 3.71. The van der Waals surface area contributed by atoms with Crippen LogP contribution in [0.4, 0.5) is 13.2 Å². The normalized spacial score (nSPS) is 15.6. The van der Waals surface area contributed by atoms with E-state index >= 15 is 0 Å². The van der Waals surface area contributed by atoms with Crippen molar-refractivity contribution in [3.8, 4) is 0 Å². The minimum atomic E-state index is -4.61. The quantitative estimate of drug-likeness (QED) is 0.837. The average molecular weight is 247 g/mol. The maximum Gasteiger partial charge on any atom is 0.418 e. The van der Waals surface area contributed by atoms with Crippen LogP contribution >= 0.6 is 0 Å². The highest BCUT2D eigenvalue weighted by molar-refractivity contribution is 5.14. The van der Waals surface area contributed by atoms with Gasteiger partial charge in [-0.05, 0) is 12.0 Å². The summed E-state index contributed by atoms with van der Waals surface area (Å²) in [4.78, 5) is 0. The molecule has 1 atom stereocenters. The van der Waals surface area contributed by atoms with Gasteiger partial charge in [-0.3, -0.25) is 0 Å². The number of alkyl halides is 3. The summed E-state index contributed by atoms with van der Waals surface area (Å²) in [6.45, 7) is 1.12. The number of halogens is 3. The molecule has 0 fully saturated rings. The van der Waals surface area contributed by atoms with Gasteiger partial charge in [-0.2, -0.15) is 13.2 Å². The molecule has 5 heteroatoms. The first-order valence-corrected chi connectivity index (χ1v) is 5.43. The van der Waals surface area contributed by atoms with Crippen molar-refractivity contribution in [1.29, 1.82) is 0 Å². The van der Waals surface area contributed by atoms with E-state index in [0.29, 0.717) is 6.54 Å². The van der Waals surface area contributed by atoms with Crippen molar-refractivity contribution in [3.05, 3.63) is 35.9 Å². The zero-order chi connectivity index (χ0) is 12.9.